The highest BCUT2D eigenvalue weighted by Gasteiger charge is 2.31. The highest BCUT2D eigenvalue weighted by molar-refractivity contribution is 5.91. The molecule has 2 N–H and O–H groups in total. The molecule has 1 fully saturated rings. The zero-order chi connectivity index (χ0) is 16.9. The standard InChI is InChI=1S/C20H21NO3/c22-19(21-18-8-6-14(7-9-18)13-20(23)24)12-15-10-17(11-15)16-4-2-1-3-5-16/h1-9,15,17H,10-13H2,(H,21,22)(H,23,24). The highest BCUT2D eigenvalue weighted by atomic mass is 16.4. The van der Waals surface area contributed by atoms with E-state index in [9.17, 15) is 9.59 Å². The van der Waals surface area contributed by atoms with Crippen LogP contribution in [0.25, 0.3) is 0 Å². The lowest BCUT2D eigenvalue weighted by molar-refractivity contribution is -0.136. The number of hydrogen-bond donors (Lipinski definition) is 2. The van der Waals surface area contributed by atoms with Gasteiger partial charge in [0.05, 0.1) is 6.42 Å². The molecule has 2 aromatic carbocycles. The van der Waals surface area contributed by atoms with Crippen molar-refractivity contribution in [3.05, 3.63) is 65.7 Å². The molecule has 4 nitrogen and oxygen atoms in total. The second kappa shape index (κ2) is 7.30. The zero-order valence-corrected chi connectivity index (χ0v) is 13.4. The van der Waals surface area contributed by atoms with E-state index >= 15 is 0 Å². The van der Waals surface area contributed by atoms with Crippen LogP contribution in [0.15, 0.2) is 54.6 Å². The predicted molar refractivity (Wildman–Crippen MR) is 92.9 cm³/mol. The molecule has 1 saturated carbocycles. The first-order chi connectivity index (χ1) is 11.6. The Kier molecular flexibility index (Phi) is 4.94. The molecule has 124 valence electrons. The molecular formula is C20H21NO3. The lowest BCUT2D eigenvalue weighted by Gasteiger charge is -2.35. The van der Waals surface area contributed by atoms with Gasteiger partial charge in [0.1, 0.15) is 0 Å². The number of amides is 1. The van der Waals surface area contributed by atoms with Gasteiger partial charge >= 0.3 is 5.97 Å². The Bertz CT molecular complexity index is 703. The van der Waals surface area contributed by atoms with Crippen molar-refractivity contribution in [3.8, 4) is 0 Å². The summed E-state index contributed by atoms with van der Waals surface area (Å²) in [6.45, 7) is 0. The molecule has 0 atom stereocenters. The van der Waals surface area contributed by atoms with Gasteiger partial charge in [0.15, 0.2) is 0 Å². The van der Waals surface area contributed by atoms with E-state index in [0.717, 1.165) is 18.4 Å². The molecule has 1 amide bonds. The molecule has 0 unspecified atom stereocenters. The van der Waals surface area contributed by atoms with Gasteiger partial charge in [-0.15, -0.1) is 0 Å². The molecular weight excluding hydrogens is 302 g/mol. The van der Waals surface area contributed by atoms with E-state index in [1.54, 1.807) is 24.3 Å². The highest BCUT2D eigenvalue weighted by Crippen LogP contribution is 2.43. The van der Waals surface area contributed by atoms with Gasteiger partial charge in [0.25, 0.3) is 0 Å². The fraction of sp³-hybridized carbons (Fsp3) is 0.300. The second-order valence-corrected chi connectivity index (χ2v) is 6.46. The van der Waals surface area contributed by atoms with Crippen molar-refractivity contribution < 1.29 is 14.7 Å². The third kappa shape index (κ3) is 4.22. The third-order valence-corrected chi connectivity index (χ3v) is 4.57. The smallest absolute Gasteiger partial charge is 0.307 e. The SMILES string of the molecule is O=C(O)Cc1ccc(NC(=O)CC2CC(c3ccccc3)C2)cc1. The van der Waals surface area contributed by atoms with E-state index in [1.807, 2.05) is 6.07 Å². The molecule has 4 heteroatoms. The van der Waals surface area contributed by atoms with Gasteiger partial charge in [0, 0.05) is 12.1 Å². The van der Waals surface area contributed by atoms with E-state index in [4.69, 9.17) is 5.11 Å². The van der Waals surface area contributed by atoms with Gasteiger partial charge in [0.2, 0.25) is 5.91 Å². The summed E-state index contributed by atoms with van der Waals surface area (Å²) >= 11 is 0. The lowest BCUT2D eigenvalue weighted by atomic mass is 9.70. The quantitative estimate of drug-likeness (QED) is 0.849. The summed E-state index contributed by atoms with van der Waals surface area (Å²) in [5.41, 5.74) is 2.81. The Labute approximate surface area is 141 Å². The van der Waals surface area contributed by atoms with Crippen molar-refractivity contribution >= 4 is 17.6 Å². The Morgan fingerprint density at radius 3 is 2.29 bits per heavy atom. The first kappa shape index (κ1) is 16.2. The van der Waals surface area contributed by atoms with Crippen LogP contribution in [0.5, 0.6) is 0 Å². The van der Waals surface area contributed by atoms with Crippen molar-refractivity contribution in [2.24, 2.45) is 5.92 Å². The van der Waals surface area contributed by atoms with Gasteiger partial charge in [-0.3, -0.25) is 9.59 Å². The number of anilines is 1. The van der Waals surface area contributed by atoms with Crippen molar-refractivity contribution in [2.45, 2.75) is 31.6 Å². The molecule has 0 aliphatic heterocycles. The minimum atomic E-state index is -0.857. The molecule has 1 aliphatic rings. The minimum Gasteiger partial charge on any atom is -0.481 e. The van der Waals surface area contributed by atoms with Crippen LogP contribution in [-0.4, -0.2) is 17.0 Å². The number of hydrogen-bond acceptors (Lipinski definition) is 2. The molecule has 24 heavy (non-hydrogen) atoms. The molecule has 0 radical (unpaired) electrons. The average Bonchev–Trinajstić information content (AvgIpc) is 2.53. The lowest BCUT2D eigenvalue weighted by Crippen LogP contribution is -2.26. The normalized spacial score (nSPS) is 19.3. The van der Waals surface area contributed by atoms with E-state index in [0.29, 0.717) is 23.9 Å². The van der Waals surface area contributed by atoms with E-state index in [2.05, 4.69) is 29.6 Å². The van der Waals surface area contributed by atoms with Gasteiger partial charge in [-0.25, -0.2) is 0 Å². The molecule has 0 saturated heterocycles. The van der Waals surface area contributed by atoms with Crippen molar-refractivity contribution in [2.75, 3.05) is 5.32 Å². The maximum Gasteiger partial charge on any atom is 0.307 e. The fourth-order valence-electron chi connectivity index (χ4n) is 3.25. The van der Waals surface area contributed by atoms with E-state index in [-0.39, 0.29) is 12.3 Å². The summed E-state index contributed by atoms with van der Waals surface area (Å²) < 4.78 is 0. The molecule has 1 aliphatic carbocycles. The van der Waals surface area contributed by atoms with E-state index in [1.165, 1.54) is 5.56 Å². The number of carboxylic acid groups (broad SMARTS) is 1. The van der Waals surface area contributed by atoms with Crippen LogP contribution in [0.4, 0.5) is 5.69 Å². The first-order valence-corrected chi connectivity index (χ1v) is 8.25. The Morgan fingerprint density at radius 1 is 1.00 bits per heavy atom. The fourth-order valence-corrected chi connectivity index (χ4v) is 3.25. The topological polar surface area (TPSA) is 66.4 Å². The van der Waals surface area contributed by atoms with Crippen LogP contribution in [0.3, 0.4) is 0 Å². The van der Waals surface area contributed by atoms with Gasteiger partial charge in [-0.2, -0.15) is 0 Å². The van der Waals surface area contributed by atoms with Crippen LogP contribution in [-0.2, 0) is 16.0 Å². The van der Waals surface area contributed by atoms with Crippen molar-refractivity contribution in [1.82, 2.24) is 0 Å². The predicted octanol–water partition coefficient (Wildman–Crippen LogP) is 3.84. The Hall–Kier alpha value is -2.62. The average molecular weight is 323 g/mol. The van der Waals surface area contributed by atoms with Gasteiger partial charge in [-0.05, 0) is 47.9 Å². The van der Waals surface area contributed by atoms with Crippen molar-refractivity contribution in [1.29, 1.82) is 0 Å². The molecule has 0 aromatic heterocycles. The number of carbonyl (C=O) groups is 2. The van der Waals surface area contributed by atoms with Gasteiger partial charge in [-0.1, -0.05) is 42.5 Å². The van der Waals surface area contributed by atoms with Crippen LogP contribution in [0.1, 0.15) is 36.3 Å². The number of aliphatic carboxylic acids is 1. The summed E-state index contributed by atoms with van der Waals surface area (Å²) in [6, 6.07) is 17.4. The molecule has 3 rings (SSSR count). The van der Waals surface area contributed by atoms with Crippen LogP contribution in [0, 0.1) is 5.92 Å². The number of nitrogens with one attached hydrogen (secondary N) is 1. The maximum absolute atomic E-state index is 12.1. The number of rotatable bonds is 6. The third-order valence-electron chi connectivity index (χ3n) is 4.57. The molecule has 2 aromatic rings. The van der Waals surface area contributed by atoms with Crippen LogP contribution in [0.2, 0.25) is 0 Å². The molecule has 0 spiro atoms. The number of carboxylic acids is 1. The summed E-state index contributed by atoms with van der Waals surface area (Å²) in [5.74, 6) is 0.197. The zero-order valence-electron chi connectivity index (χ0n) is 13.4. The molecule has 0 heterocycles. The Morgan fingerprint density at radius 2 is 1.67 bits per heavy atom. The summed E-state index contributed by atoms with van der Waals surface area (Å²) in [6.07, 6.45) is 2.67. The minimum absolute atomic E-state index is 0.00280. The second-order valence-electron chi connectivity index (χ2n) is 6.46. The molecule has 0 bridgehead atoms. The van der Waals surface area contributed by atoms with Crippen LogP contribution < -0.4 is 5.32 Å². The van der Waals surface area contributed by atoms with E-state index < -0.39 is 5.97 Å². The number of benzene rings is 2. The monoisotopic (exact) mass is 323 g/mol. The summed E-state index contributed by atoms with van der Waals surface area (Å²) in [4.78, 5) is 22.8. The van der Waals surface area contributed by atoms with Crippen molar-refractivity contribution in [3.63, 3.8) is 0 Å². The largest absolute Gasteiger partial charge is 0.481 e. The summed E-state index contributed by atoms with van der Waals surface area (Å²) in [5, 5.41) is 11.6. The first-order valence-electron chi connectivity index (χ1n) is 8.25. The van der Waals surface area contributed by atoms with Crippen LogP contribution >= 0.6 is 0 Å². The maximum atomic E-state index is 12.1. The van der Waals surface area contributed by atoms with Gasteiger partial charge < -0.3 is 10.4 Å². The number of carbonyl (C=O) groups excluding carboxylic acids is 1. The Balaban J connectivity index is 1.44. The summed E-state index contributed by atoms with van der Waals surface area (Å²) in [7, 11) is 0.